The molecule has 17 heteroatoms. The maximum absolute atomic E-state index is 15.2. The normalized spacial score (nSPS) is 19.4. The fraction of sp³-hybridized carbons (Fsp3) is 0.472. The van der Waals surface area contributed by atoms with E-state index in [4.69, 9.17) is 56.8 Å². The highest BCUT2D eigenvalue weighted by molar-refractivity contribution is 5.94. The lowest BCUT2D eigenvalue weighted by atomic mass is 9.85. The number of fused-ring (bicyclic) bond motifs is 2. The SMILES string of the molecule is COc1cc2c(cc1OC)[C@H](c1cc(OC)c(OC)c(OC)c1)[N@@+](C)(CCCOC(=O)/C=C(\F)C(=O)OCCC[N@+]1(C)CCc3cc(OC)c(OC)cc3[C@H]1Cc1cc(OC)c(OC)c(OC)c1)CC2. The van der Waals surface area contributed by atoms with Crippen molar-refractivity contribution in [2.24, 2.45) is 0 Å². The van der Waals surface area contributed by atoms with Gasteiger partial charge in [0.1, 0.15) is 12.1 Å². The molecule has 0 spiro atoms. The number of quaternary nitrogens is 2. The Morgan fingerprint density at radius 1 is 0.543 bits per heavy atom. The number of ether oxygens (including phenoxy) is 12. The van der Waals surface area contributed by atoms with Gasteiger partial charge in [-0.2, -0.15) is 4.39 Å². The summed E-state index contributed by atoms with van der Waals surface area (Å²) in [7, 11) is 20.2. The molecule has 0 fully saturated rings. The van der Waals surface area contributed by atoms with E-state index in [1.54, 1.807) is 71.1 Å². The van der Waals surface area contributed by atoms with Crippen molar-refractivity contribution in [1.29, 1.82) is 0 Å². The number of likely N-dealkylation sites (N-methyl/N-ethyl adjacent to an activating group) is 2. The molecule has 2 heterocycles. The molecule has 16 nitrogen and oxygen atoms in total. The van der Waals surface area contributed by atoms with Gasteiger partial charge >= 0.3 is 11.9 Å². The largest absolute Gasteiger partial charge is 0.493 e. The summed E-state index contributed by atoms with van der Waals surface area (Å²) in [6.45, 7) is 2.60. The Hall–Kier alpha value is -6.59. The lowest BCUT2D eigenvalue weighted by molar-refractivity contribution is -0.941. The van der Waals surface area contributed by atoms with Gasteiger partial charge in [-0.1, -0.05) is 0 Å². The van der Waals surface area contributed by atoms with E-state index < -0.39 is 17.8 Å². The molecule has 2 aliphatic rings. The zero-order chi connectivity index (χ0) is 50.8. The summed E-state index contributed by atoms with van der Waals surface area (Å²) < 4.78 is 83.9. The van der Waals surface area contributed by atoms with Crippen molar-refractivity contribution in [2.75, 3.05) is 125 Å². The Bertz CT molecular complexity index is 2480. The van der Waals surface area contributed by atoms with Crippen LogP contribution in [0.3, 0.4) is 0 Å². The number of benzene rings is 4. The first kappa shape index (κ1) is 52.8. The number of esters is 2. The number of carbonyl (C=O) groups excluding carboxylic acids is 2. The van der Waals surface area contributed by atoms with Crippen molar-refractivity contribution >= 4 is 11.9 Å². The van der Waals surface area contributed by atoms with Crippen molar-refractivity contribution < 1.29 is 79.8 Å². The zero-order valence-corrected chi connectivity index (χ0v) is 42.6. The van der Waals surface area contributed by atoms with Gasteiger partial charge in [0.05, 0.1) is 131 Å². The lowest BCUT2D eigenvalue weighted by Gasteiger charge is -2.46. The number of methoxy groups -OCH3 is 10. The van der Waals surface area contributed by atoms with Gasteiger partial charge in [-0.3, -0.25) is 0 Å². The van der Waals surface area contributed by atoms with Crippen LogP contribution in [-0.2, 0) is 38.3 Å². The Kier molecular flexibility index (Phi) is 17.6. The molecular weight excluding hydrogens is 908 g/mol. The van der Waals surface area contributed by atoms with E-state index in [0.717, 1.165) is 59.3 Å². The van der Waals surface area contributed by atoms with Crippen LogP contribution in [0.2, 0.25) is 0 Å². The van der Waals surface area contributed by atoms with Gasteiger partial charge in [0, 0.05) is 48.8 Å². The molecule has 0 aliphatic carbocycles. The van der Waals surface area contributed by atoms with Crippen molar-refractivity contribution in [3.05, 3.63) is 93.8 Å². The first-order chi connectivity index (χ1) is 33.7. The zero-order valence-electron chi connectivity index (χ0n) is 42.6. The van der Waals surface area contributed by atoms with Gasteiger partial charge < -0.3 is 65.8 Å². The van der Waals surface area contributed by atoms with Crippen molar-refractivity contribution in [2.45, 2.75) is 44.2 Å². The average Bonchev–Trinajstić information content (AvgIpc) is 3.37. The number of hydrogen-bond donors (Lipinski definition) is 0. The molecule has 0 N–H and O–H groups in total. The minimum atomic E-state index is -1.34. The number of halogens is 1. The Labute approximate surface area is 410 Å². The highest BCUT2D eigenvalue weighted by atomic mass is 19.1. The topological polar surface area (TPSA) is 145 Å². The number of carbonyl (C=O) groups is 2. The second kappa shape index (κ2) is 23.3. The maximum atomic E-state index is 15.2. The van der Waals surface area contributed by atoms with Crippen molar-refractivity contribution in [3.63, 3.8) is 0 Å². The first-order valence-electron chi connectivity index (χ1n) is 23.2. The van der Waals surface area contributed by atoms with Crippen LogP contribution in [-0.4, -0.2) is 145 Å². The summed E-state index contributed by atoms with van der Waals surface area (Å²) in [4.78, 5) is 25.7. The van der Waals surface area contributed by atoms with E-state index in [1.165, 1.54) is 0 Å². The summed E-state index contributed by atoms with van der Waals surface area (Å²) >= 11 is 0. The van der Waals surface area contributed by atoms with Gasteiger partial charge in [-0.25, -0.2) is 9.59 Å². The molecular formula is C53H69FN2O14+2. The molecule has 0 saturated heterocycles. The van der Waals surface area contributed by atoms with Gasteiger partial charge in [-0.05, 0) is 65.2 Å². The van der Waals surface area contributed by atoms with Gasteiger partial charge in [0.2, 0.25) is 17.3 Å². The molecule has 70 heavy (non-hydrogen) atoms. The molecule has 0 unspecified atom stereocenters. The molecule has 4 aromatic carbocycles. The van der Waals surface area contributed by atoms with Crippen LogP contribution >= 0.6 is 0 Å². The maximum Gasteiger partial charge on any atom is 0.367 e. The first-order valence-corrected chi connectivity index (χ1v) is 23.2. The van der Waals surface area contributed by atoms with Gasteiger partial charge in [-0.15, -0.1) is 0 Å². The second-order valence-electron chi connectivity index (χ2n) is 17.8. The van der Waals surface area contributed by atoms with Crippen LogP contribution in [0.15, 0.2) is 60.4 Å². The molecule has 0 saturated carbocycles. The summed E-state index contributed by atoms with van der Waals surface area (Å²) in [6, 6.07) is 15.6. The van der Waals surface area contributed by atoms with E-state index in [0.29, 0.717) is 105 Å². The standard InChI is InChI=1S/C53H69FN2O14/c1-55(19-15-34-26-41(59-3)43(61-5)30-37(34)40(55)23-33-24-45(63-7)51(67-11)46(25-33)64-8)17-13-22-70-53(58)39(54)32-49(57)69-21-14-18-56(2)20-16-35-27-42(60-4)44(62-6)31-38(35)50(56)36-28-47(65-9)52(68-12)48(29-36)66-10/h24-32,40,50H,13-23H2,1-12H3/q+2/b39-32-/t40-,50+,55-,56+/m1/s1. The molecule has 2 aliphatic heterocycles. The summed E-state index contributed by atoms with van der Waals surface area (Å²) in [5.74, 6) is 2.05. The Morgan fingerprint density at radius 2 is 0.971 bits per heavy atom. The summed E-state index contributed by atoms with van der Waals surface area (Å²) in [5, 5.41) is 0. The minimum Gasteiger partial charge on any atom is -0.493 e. The molecule has 4 aromatic rings. The predicted molar refractivity (Wildman–Crippen MR) is 259 cm³/mol. The van der Waals surface area contributed by atoms with Gasteiger partial charge in [0.25, 0.3) is 0 Å². The van der Waals surface area contributed by atoms with E-state index in [2.05, 4.69) is 14.1 Å². The smallest absolute Gasteiger partial charge is 0.367 e. The van der Waals surface area contributed by atoms with Crippen molar-refractivity contribution in [3.8, 4) is 57.5 Å². The fourth-order valence-electron chi connectivity index (χ4n) is 10.2. The van der Waals surface area contributed by atoms with Crippen LogP contribution in [0.4, 0.5) is 4.39 Å². The fourth-order valence-corrected chi connectivity index (χ4v) is 10.2. The third-order valence-corrected chi connectivity index (χ3v) is 13.8. The van der Waals surface area contributed by atoms with Crippen molar-refractivity contribution in [1.82, 2.24) is 0 Å². The molecule has 380 valence electrons. The quantitative estimate of drug-likeness (QED) is 0.0312. The highest BCUT2D eigenvalue weighted by Gasteiger charge is 2.43. The van der Waals surface area contributed by atoms with Crippen LogP contribution in [0.25, 0.3) is 0 Å². The molecule has 0 amide bonds. The number of rotatable bonds is 23. The summed E-state index contributed by atoms with van der Waals surface area (Å²) in [6.07, 6.45) is 3.51. The van der Waals surface area contributed by atoms with Crippen LogP contribution in [0.5, 0.6) is 57.5 Å². The third-order valence-electron chi connectivity index (χ3n) is 13.8. The van der Waals surface area contributed by atoms with E-state index >= 15 is 4.39 Å². The van der Waals surface area contributed by atoms with Crippen LogP contribution in [0, 0.1) is 0 Å². The highest BCUT2D eigenvalue weighted by Crippen LogP contribution is 2.49. The average molecular weight is 977 g/mol. The molecule has 0 aromatic heterocycles. The van der Waals surface area contributed by atoms with Crippen LogP contribution in [0.1, 0.15) is 58.3 Å². The van der Waals surface area contributed by atoms with E-state index in [9.17, 15) is 9.59 Å². The van der Waals surface area contributed by atoms with E-state index in [1.807, 2.05) is 48.5 Å². The summed E-state index contributed by atoms with van der Waals surface area (Å²) in [5.41, 5.74) is 6.27. The van der Waals surface area contributed by atoms with Crippen LogP contribution < -0.4 is 47.4 Å². The molecule has 6 rings (SSSR count). The number of hydrogen-bond acceptors (Lipinski definition) is 14. The predicted octanol–water partition coefficient (Wildman–Crippen LogP) is 7.57. The van der Waals surface area contributed by atoms with Gasteiger partial charge in [0.15, 0.2) is 46.0 Å². The second-order valence-corrected chi connectivity index (χ2v) is 17.8. The monoisotopic (exact) mass is 976 g/mol. The molecule has 0 bridgehead atoms. The number of nitrogens with zero attached hydrogens (tertiary/aromatic N) is 2. The Morgan fingerprint density at radius 3 is 1.47 bits per heavy atom. The molecule has 0 radical (unpaired) electrons. The van der Waals surface area contributed by atoms with E-state index in [-0.39, 0.29) is 25.3 Å². The Balaban J connectivity index is 1.10. The third kappa shape index (κ3) is 11.2. The molecule has 4 atom stereocenters. The minimum absolute atomic E-state index is 0.0121. The lowest BCUT2D eigenvalue weighted by Crippen LogP contribution is -2.52.